The molecule has 1 fully saturated rings. The first kappa shape index (κ1) is 17.4. The summed E-state index contributed by atoms with van der Waals surface area (Å²) in [5, 5.41) is 7.36. The monoisotopic (exact) mass is 345 g/mol. The molecular weight excluding hydrogens is 321 g/mol. The zero-order valence-corrected chi connectivity index (χ0v) is 14.5. The first-order valence-electron chi connectivity index (χ1n) is 8.56. The number of benzene rings is 1. The molecule has 1 aromatic heterocycles. The SMILES string of the molecule is CN=C(NCCc1ccc(F)cc1)N1CCN(Cc2ccon2)CC1. The first-order valence-corrected chi connectivity index (χ1v) is 8.56. The van der Waals surface area contributed by atoms with Gasteiger partial charge in [-0.05, 0) is 24.1 Å². The van der Waals surface area contributed by atoms with Gasteiger partial charge in [0.1, 0.15) is 12.1 Å². The molecule has 1 aliphatic rings. The number of hydrogen-bond acceptors (Lipinski definition) is 4. The highest BCUT2D eigenvalue weighted by molar-refractivity contribution is 5.80. The van der Waals surface area contributed by atoms with E-state index in [-0.39, 0.29) is 5.82 Å². The largest absolute Gasteiger partial charge is 0.364 e. The molecule has 134 valence electrons. The van der Waals surface area contributed by atoms with Crippen molar-refractivity contribution in [3.63, 3.8) is 0 Å². The van der Waals surface area contributed by atoms with Gasteiger partial charge in [-0.15, -0.1) is 0 Å². The van der Waals surface area contributed by atoms with Gasteiger partial charge in [0.25, 0.3) is 0 Å². The summed E-state index contributed by atoms with van der Waals surface area (Å²) < 4.78 is 17.8. The van der Waals surface area contributed by atoms with Crippen molar-refractivity contribution >= 4 is 5.96 Å². The van der Waals surface area contributed by atoms with E-state index in [1.807, 2.05) is 25.2 Å². The molecule has 7 heteroatoms. The van der Waals surface area contributed by atoms with Crippen molar-refractivity contribution in [1.82, 2.24) is 20.3 Å². The molecular formula is C18H24FN5O. The van der Waals surface area contributed by atoms with Crippen molar-refractivity contribution < 1.29 is 8.91 Å². The fraction of sp³-hybridized carbons (Fsp3) is 0.444. The third-order valence-corrected chi connectivity index (χ3v) is 4.37. The summed E-state index contributed by atoms with van der Waals surface area (Å²) in [7, 11) is 1.81. The number of guanidine groups is 1. The van der Waals surface area contributed by atoms with Crippen LogP contribution in [0, 0.1) is 5.82 Å². The van der Waals surface area contributed by atoms with E-state index >= 15 is 0 Å². The van der Waals surface area contributed by atoms with Gasteiger partial charge in [0, 0.05) is 52.4 Å². The summed E-state index contributed by atoms with van der Waals surface area (Å²) in [4.78, 5) is 9.01. The summed E-state index contributed by atoms with van der Waals surface area (Å²) in [5.74, 6) is 0.721. The lowest BCUT2D eigenvalue weighted by Gasteiger charge is -2.36. The van der Waals surface area contributed by atoms with Gasteiger partial charge in [-0.3, -0.25) is 9.89 Å². The van der Waals surface area contributed by atoms with Gasteiger partial charge in [-0.1, -0.05) is 17.3 Å². The Kier molecular flexibility index (Phi) is 6.00. The van der Waals surface area contributed by atoms with Crippen LogP contribution in [0.1, 0.15) is 11.3 Å². The van der Waals surface area contributed by atoms with E-state index < -0.39 is 0 Å². The maximum Gasteiger partial charge on any atom is 0.193 e. The number of nitrogens with zero attached hydrogens (tertiary/aromatic N) is 4. The molecule has 2 heterocycles. The second-order valence-corrected chi connectivity index (χ2v) is 6.10. The summed E-state index contributed by atoms with van der Waals surface area (Å²) in [5.41, 5.74) is 2.08. The third kappa shape index (κ3) is 5.03. The minimum Gasteiger partial charge on any atom is -0.364 e. The number of aliphatic imine (C=N–C) groups is 1. The van der Waals surface area contributed by atoms with Crippen molar-refractivity contribution in [2.24, 2.45) is 4.99 Å². The van der Waals surface area contributed by atoms with E-state index in [0.717, 1.165) is 62.9 Å². The lowest BCUT2D eigenvalue weighted by molar-refractivity contribution is 0.169. The Morgan fingerprint density at radius 2 is 1.96 bits per heavy atom. The third-order valence-electron chi connectivity index (χ3n) is 4.37. The Hall–Kier alpha value is -2.41. The molecule has 0 aliphatic carbocycles. The molecule has 0 spiro atoms. The highest BCUT2D eigenvalue weighted by Crippen LogP contribution is 2.07. The van der Waals surface area contributed by atoms with Gasteiger partial charge in [0.15, 0.2) is 5.96 Å². The fourth-order valence-electron chi connectivity index (χ4n) is 2.97. The van der Waals surface area contributed by atoms with Gasteiger partial charge in [0.05, 0.1) is 5.69 Å². The lowest BCUT2D eigenvalue weighted by Crippen LogP contribution is -2.52. The molecule has 1 aliphatic heterocycles. The number of halogens is 1. The number of aromatic nitrogens is 1. The molecule has 0 radical (unpaired) electrons. The predicted molar refractivity (Wildman–Crippen MR) is 94.8 cm³/mol. The highest BCUT2D eigenvalue weighted by Gasteiger charge is 2.20. The maximum absolute atomic E-state index is 12.9. The van der Waals surface area contributed by atoms with Crippen LogP contribution in [0.3, 0.4) is 0 Å². The molecule has 0 amide bonds. The maximum atomic E-state index is 12.9. The van der Waals surface area contributed by atoms with Crippen molar-refractivity contribution in [1.29, 1.82) is 0 Å². The second-order valence-electron chi connectivity index (χ2n) is 6.10. The van der Waals surface area contributed by atoms with Gasteiger partial charge in [-0.25, -0.2) is 4.39 Å². The zero-order valence-electron chi connectivity index (χ0n) is 14.5. The van der Waals surface area contributed by atoms with E-state index in [1.165, 1.54) is 12.1 Å². The molecule has 2 aromatic rings. The molecule has 6 nitrogen and oxygen atoms in total. The van der Waals surface area contributed by atoms with Crippen LogP contribution in [0.5, 0.6) is 0 Å². The van der Waals surface area contributed by atoms with Crippen LogP contribution in [-0.2, 0) is 13.0 Å². The van der Waals surface area contributed by atoms with Crippen LogP contribution >= 0.6 is 0 Å². The molecule has 1 N–H and O–H groups in total. The van der Waals surface area contributed by atoms with Crippen LogP contribution in [0.15, 0.2) is 46.1 Å². The topological polar surface area (TPSA) is 56.9 Å². The van der Waals surface area contributed by atoms with Crippen molar-refractivity contribution in [3.8, 4) is 0 Å². The Bertz CT molecular complexity index is 663. The lowest BCUT2D eigenvalue weighted by atomic mass is 10.1. The number of rotatable bonds is 5. The Morgan fingerprint density at radius 3 is 2.60 bits per heavy atom. The van der Waals surface area contributed by atoms with E-state index in [1.54, 1.807) is 6.26 Å². The molecule has 0 atom stereocenters. The molecule has 1 saturated heterocycles. The average molecular weight is 345 g/mol. The minimum atomic E-state index is -0.198. The predicted octanol–water partition coefficient (Wildman–Crippen LogP) is 1.75. The van der Waals surface area contributed by atoms with Crippen LogP contribution in [0.4, 0.5) is 4.39 Å². The zero-order chi connectivity index (χ0) is 17.5. The Morgan fingerprint density at radius 1 is 1.20 bits per heavy atom. The molecule has 25 heavy (non-hydrogen) atoms. The van der Waals surface area contributed by atoms with Gasteiger partial charge in [0.2, 0.25) is 0 Å². The summed E-state index contributed by atoms with van der Waals surface area (Å²) in [6.45, 7) is 5.37. The van der Waals surface area contributed by atoms with Gasteiger partial charge in [-0.2, -0.15) is 0 Å². The van der Waals surface area contributed by atoms with Crippen LogP contribution in [-0.4, -0.2) is 60.7 Å². The molecule has 0 bridgehead atoms. The first-order chi connectivity index (χ1) is 12.2. The summed E-state index contributed by atoms with van der Waals surface area (Å²) >= 11 is 0. The molecule has 0 saturated carbocycles. The smallest absolute Gasteiger partial charge is 0.193 e. The average Bonchev–Trinajstić information content (AvgIpc) is 3.14. The van der Waals surface area contributed by atoms with E-state index in [9.17, 15) is 4.39 Å². The van der Waals surface area contributed by atoms with Crippen LogP contribution in [0.2, 0.25) is 0 Å². The van der Waals surface area contributed by atoms with Crippen molar-refractivity contribution in [3.05, 3.63) is 53.7 Å². The normalized spacial score (nSPS) is 16.2. The van der Waals surface area contributed by atoms with E-state index in [4.69, 9.17) is 4.52 Å². The van der Waals surface area contributed by atoms with E-state index in [0.29, 0.717) is 0 Å². The number of piperazine rings is 1. The quantitative estimate of drug-likeness (QED) is 0.661. The summed E-state index contributed by atoms with van der Waals surface area (Å²) in [6.07, 6.45) is 2.45. The molecule has 0 unspecified atom stereocenters. The second kappa shape index (κ2) is 8.62. The summed E-state index contributed by atoms with van der Waals surface area (Å²) in [6, 6.07) is 8.55. The van der Waals surface area contributed by atoms with Gasteiger partial charge < -0.3 is 14.7 Å². The van der Waals surface area contributed by atoms with Gasteiger partial charge >= 0.3 is 0 Å². The van der Waals surface area contributed by atoms with Crippen LogP contribution < -0.4 is 5.32 Å². The van der Waals surface area contributed by atoms with Crippen molar-refractivity contribution in [2.75, 3.05) is 39.8 Å². The Balaban J connectivity index is 1.42. The highest BCUT2D eigenvalue weighted by atomic mass is 19.1. The van der Waals surface area contributed by atoms with E-state index in [2.05, 4.69) is 25.3 Å². The minimum absolute atomic E-state index is 0.198. The van der Waals surface area contributed by atoms with Crippen molar-refractivity contribution in [2.45, 2.75) is 13.0 Å². The van der Waals surface area contributed by atoms with Crippen LogP contribution in [0.25, 0.3) is 0 Å². The fourth-order valence-corrected chi connectivity index (χ4v) is 2.97. The molecule has 1 aromatic carbocycles. The number of nitrogens with one attached hydrogen (secondary N) is 1. The molecule has 3 rings (SSSR count). The standard InChI is InChI=1S/C18H24FN5O/c1-20-18(21-8-6-15-2-4-16(19)5-3-15)24-11-9-23(10-12-24)14-17-7-13-25-22-17/h2-5,7,13H,6,8-12,14H2,1H3,(H,20,21). The Labute approximate surface area is 147 Å². The number of hydrogen-bond donors (Lipinski definition) is 1.